The number of benzene rings is 2. The van der Waals surface area contributed by atoms with Crippen LogP contribution < -0.4 is 14.8 Å². The van der Waals surface area contributed by atoms with Crippen LogP contribution in [-0.4, -0.2) is 31.0 Å². The summed E-state index contributed by atoms with van der Waals surface area (Å²) in [6.45, 7) is 1.18. The summed E-state index contributed by atoms with van der Waals surface area (Å²) >= 11 is 12.1. The van der Waals surface area contributed by atoms with Crippen LogP contribution in [0.15, 0.2) is 40.8 Å². The Morgan fingerprint density at radius 2 is 1.81 bits per heavy atom. The Bertz CT molecular complexity index is 915. The van der Waals surface area contributed by atoms with Crippen molar-refractivity contribution in [2.45, 2.75) is 13.0 Å². The van der Waals surface area contributed by atoms with Crippen LogP contribution in [-0.2, 0) is 13.0 Å². The van der Waals surface area contributed by atoms with Crippen LogP contribution in [0.5, 0.6) is 11.5 Å². The fraction of sp³-hybridized carbons (Fsp3) is 0.263. The van der Waals surface area contributed by atoms with Crippen LogP contribution in [0.2, 0.25) is 10.0 Å². The Labute approximate surface area is 167 Å². The molecule has 0 bridgehead atoms. The van der Waals surface area contributed by atoms with Gasteiger partial charge in [-0.2, -0.15) is 0 Å². The van der Waals surface area contributed by atoms with Crippen molar-refractivity contribution in [3.05, 3.63) is 57.9 Å². The zero-order chi connectivity index (χ0) is 19.2. The minimum atomic E-state index is 0.425. The molecule has 0 saturated carbocycles. The van der Waals surface area contributed by atoms with Crippen LogP contribution in [0, 0.1) is 0 Å². The second-order valence-electron chi connectivity index (χ2n) is 5.73. The van der Waals surface area contributed by atoms with E-state index in [9.17, 15) is 0 Å². The normalized spacial score (nSPS) is 10.8. The van der Waals surface area contributed by atoms with Crippen LogP contribution in [0.25, 0.3) is 11.5 Å². The van der Waals surface area contributed by atoms with Crippen molar-refractivity contribution >= 4 is 23.2 Å². The van der Waals surface area contributed by atoms with Gasteiger partial charge in [0, 0.05) is 15.6 Å². The Balaban J connectivity index is 1.56. The maximum atomic E-state index is 6.17. The second-order valence-corrected chi connectivity index (χ2v) is 6.58. The minimum Gasteiger partial charge on any atom is -0.493 e. The summed E-state index contributed by atoms with van der Waals surface area (Å²) in [4.78, 5) is 0. The second kappa shape index (κ2) is 9.08. The van der Waals surface area contributed by atoms with E-state index in [1.54, 1.807) is 32.4 Å². The van der Waals surface area contributed by atoms with E-state index in [0.29, 0.717) is 39.9 Å². The Kier molecular flexibility index (Phi) is 6.55. The van der Waals surface area contributed by atoms with Gasteiger partial charge in [-0.3, -0.25) is 0 Å². The average molecular weight is 408 g/mol. The van der Waals surface area contributed by atoms with Crippen molar-refractivity contribution < 1.29 is 13.9 Å². The lowest BCUT2D eigenvalue weighted by Gasteiger charge is -2.07. The average Bonchev–Trinajstić information content (AvgIpc) is 3.15. The number of nitrogens with zero attached hydrogens (tertiary/aromatic N) is 2. The van der Waals surface area contributed by atoms with Gasteiger partial charge in [-0.05, 0) is 48.9 Å². The lowest BCUT2D eigenvalue weighted by molar-refractivity contribution is 0.355. The zero-order valence-corrected chi connectivity index (χ0v) is 16.5. The number of methoxy groups -OCH3 is 2. The van der Waals surface area contributed by atoms with Crippen LogP contribution >= 0.6 is 23.2 Å². The predicted octanol–water partition coefficient (Wildman–Crippen LogP) is 4.39. The molecule has 0 unspecified atom stereocenters. The molecule has 0 radical (unpaired) electrons. The third-order valence-corrected chi connectivity index (χ3v) is 4.55. The molecule has 1 N–H and O–H groups in total. The van der Waals surface area contributed by atoms with E-state index >= 15 is 0 Å². The number of nitrogens with one attached hydrogen (secondary N) is 1. The molecule has 3 aromatic rings. The number of hydrogen-bond donors (Lipinski definition) is 1. The van der Waals surface area contributed by atoms with Gasteiger partial charge < -0.3 is 19.2 Å². The van der Waals surface area contributed by atoms with Gasteiger partial charge in [0.25, 0.3) is 0 Å². The van der Waals surface area contributed by atoms with Gasteiger partial charge in [-0.25, -0.2) is 0 Å². The monoisotopic (exact) mass is 407 g/mol. The van der Waals surface area contributed by atoms with Crippen LogP contribution in [0.1, 0.15) is 11.5 Å². The Hall–Kier alpha value is -2.28. The number of rotatable bonds is 8. The molecule has 2 aromatic carbocycles. The zero-order valence-electron chi connectivity index (χ0n) is 15.0. The summed E-state index contributed by atoms with van der Waals surface area (Å²) in [5, 5.41) is 12.7. The molecule has 0 aliphatic heterocycles. The molecular formula is C19H19Cl2N3O3. The molecule has 0 spiro atoms. The summed E-state index contributed by atoms with van der Waals surface area (Å²) in [5.41, 5.74) is 1.80. The fourth-order valence-electron chi connectivity index (χ4n) is 2.55. The maximum Gasteiger partial charge on any atom is 0.247 e. The van der Waals surface area contributed by atoms with Gasteiger partial charge in [0.2, 0.25) is 11.8 Å². The topological polar surface area (TPSA) is 69.4 Å². The molecule has 0 amide bonds. The number of hydrogen-bond acceptors (Lipinski definition) is 6. The van der Waals surface area contributed by atoms with E-state index in [1.807, 2.05) is 18.2 Å². The maximum absolute atomic E-state index is 6.17. The molecule has 0 fully saturated rings. The molecule has 1 aromatic heterocycles. The van der Waals surface area contributed by atoms with Crippen molar-refractivity contribution in [1.29, 1.82) is 0 Å². The van der Waals surface area contributed by atoms with E-state index in [0.717, 1.165) is 24.1 Å². The highest BCUT2D eigenvalue weighted by Gasteiger charge is 2.12. The molecule has 0 aliphatic carbocycles. The first-order chi connectivity index (χ1) is 13.1. The third kappa shape index (κ3) is 4.91. The molecule has 142 valence electrons. The van der Waals surface area contributed by atoms with Crippen molar-refractivity contribution in [2.75, 3.05) is 20.8 Å². The first kappa shape index (κ1) is 19.5. The summed E-state index contributed by atoms with van der Waals surface area (Å²) < 4.78 is 16.2. The summed E-state index contributed by atoms with van der Waals surface area (Å²) in [6, 6.07) is 10.9. The van der Waals surface area contributed by atoms with E-state index in [-0.39, 0.29) is 0 Å². The standard InChI is InChI=1S/C19H19Cl2N3O3/c1-25-16-6-4-13(9-17(16)26-2)19-24-23-18(27-19)11-22-8-7-12-3-5-14(20)10-15(12)21/h3-6,9-10,22H,7-8,11H2,1-2H3. The Morgan fingerprint density at radius 3 is 2.56 bits per heavy atom. The van der Waals surface area contributed by atoms with E-state index < -0.39 is 0 Å². The molecule has 0 aliphatic rings. The highest BCUT2D eigenvalue weighted by Crippen LogP contribution is 2.31. The minimum absolute atomic E-state index is 0.425. The molecular weight excluding hydrogens is 389 g/mol. The summed E-state index contributed by atoms with van der Waals surface area (Å²) in [5.74, 6) is 2.17. The molecule has 0 atom stereocenters. The summed E-state index contributed by atoms with van der Waals surface area (Å²) in [6.07, 6.45) is 0.771. The highest BCUT2D eigenvalue weighted by atomic mass is 35.5. The lowest BCUT2D eigenvalue weighted by atomic mass is 10.1. The van der Waals surface area contributed by atoms with Crippen molar-refractivity contribution in [2.24, 2.45) is 0 Å². The van der Waals surface area contributed by atoms with Crippen LogP contribution in [0.3, 0.4) is 0 Å². The lowest BCUT2D eigenvalue weighted by Crippen LogP contribution is -2.17. The number of ether oxygens (including phenoxy) is 2. The van der Waals surface area contributed by atoms with Crippen molar-refractivity contribution in [1.82, 2.24) is 15.5 Å². The molecule has 0 saturated heterocycles. The first-order valence-electron chi connectivity index (χ1n) is 8.30. The van der Waals surface area contributed by atoms with Gasteiger partial charge in [-0.1, -0.05) is 29.3 Å². The largest absolute Gasteiger partial charge is 0.493 e. The molecule has 6 nitrogen and oxygen atoms in total. The molecule has 8 heteroatoms. The van der Waals surface area contributed by atoms with Crippen LogP contribution in [0.4, 0.5) is 0 Å². The van der Waals surface area contributed by atoms with E-state index in [1.165, 1.54) is 0 Å². The van der Waals surface area contributed by atoms with E-state index in [4.69, 9.17) is 37.1 Å². The van der Waals surface area contributed by atoms with Gasteiger partial charge in [0.15, 0.2) is 11.5 Å². The number of aromatic nitrogens is 2. The van der Waals surface area contributed by atoms with Crippen molar-refractivity contribution in [3.63, 3.8) is 0 Å². The smallest absolute Gasteiger partial charge is 0.247 e. The SMILES string of the molecule is COc1ccc(-c2nnc(CNCCc3ccc(Cl)cc3Cl)o2)cc1OC. The molecule has 3 rings (SSSR count). The molecule has 27 heavy (non-hydrogen) atoms. The first-order valence-corrected chi connectivity index (χ1v) is 9.05. The summed E-state index contributed by atoms with van der Waals surface area (Å²) in [7, 11) is 3.17. The highest BCUT2D eigenvalue weighted by molar-refractivity contribution is 6.35. The van der Waals surface area contributed by atoms with Gasteiger partial charge in [0.05, 0.1) is 20.8 Å². The fourth-order valence-corrected chi connectivity index (χ4v) is 3.06. The quantitative estimate of drug-likeness (QED) is 0.558. The molecule has 1 heterocycles. The van der Waals surface area contributed by atoms with Gasteiger partial charge >= 0.3 is 0 Å². The Morgan fingerprint density at radius 1 is 1.00 bits per heavy atom. The van der Waals surface area contributed by atoms with E-state index in [2.05, 4.69) is 15.5 Å². The van der Waals surface area contributed by atoms with Crippen molar-refractivity contribution in [3.8, 4) is 23.0 Å². The predicted molar refractivity (Wildman–Crippen MR) is 105 cm³/mol. The third-order valence-electron chi connectivity index (χ3n) is 3.96. The van der Waals surface area contributed by atoms with Gasteiger partial charge in [0.1, 0.15) is 0 Å². The number of halogens is 2. The van der Waals surface area contributed by atoms with Gasteiger partial charge in [-0.15, -0.1) is 10.2 Å².